The number of thioether (sulfide) groups is 1. The molecule has 1 fully saturated rings. The number of aliphatic imine (C=N–C) groups is 1. The lowest BCUT2D eigenvalue weighted by Crippen LogP contribution is -2.19. The summed E-state index contributed by atoms with van der Waals surface area (Å²) in [5.74, 6) is 0.637. The standard InChI is InChI=1S/C17H13BrN2O2S/c1-22-14-8-6-13(7-9-14)19-17-20-16(21)15(23-17)10-11-2-4-12(18)5-3-11/h2-10H,1H3,(H,19,20,21)/b15-10-. The van der Waals surface area contributed by atoms with E-state index in [0.717, 1.165) is 21.5 Å². The number of amides is 1. The van der Waals surface area contributed by atoms with Gasteiger partial charge in [0.15, 0.2) is 5.17 Å². The van der Waals surface area contributed by atoms with Gasteiger partial charge in [-0.25, -0.2) is 4.99 Å². The number of amidine groups is 1. The quantitative estimate of drug-likeness (QED) is 0.795. The Bertz CT molecular complexity index is 783. The Morgan fingerprint density at radius 2 is 1.83 bits per heavy atom. The number of benzene rings is 2. The van der Waals surface area contributed by atoms with Gasteiger partial charge in [-0.15, -0.1) is 0 Å². The van der Waals surface area contributed by atoms with Crippen molar-refractivity contribution in [3.63, 3.8) is 0 Å². The van der Waals surface area contributed by atoms with Crippen LogP contribution in [-0.2, 0) is 4.79 Å². The van der Waals surface area contributed by atoms with E-state index >= 15 is 0 Å². The first-order chi connectivity index (χ1) is 11.1. The van der Waals surface area contributed by atoms with E-state index in [4.69, 9.17) is 4.74 Å². The van der Waals surface area contributed by atoms with Crippen LogP contribution in [0.4, 0.5) is 5.69 Å². The Balaban J connectivity index is 1.78. The first kappa shape index (κ1) is 15.8. The predicted octanol–water partition coefficient (Wildman–Crippen LogP) is 4.35. The highest BCUT2D eigenvalue weighted by molar-refractivity contribution is 9.10. The zero-order valence-electron chi connectivity index (χ0n) is 12.2. The van der Waals surface area contributed by atoms with Gasteiger partial charge in [0, 0.05) is 4.47 Å². The van der Waals surface area contributed by atoms with E-state index in [2.05, 4.69) is 26.2 Å². The van der Waals surface area contributed by atoms with E-state index in [1.165, 1.54) is 11.8 Å². The van der Waals surface area contributed by atoms with Crippen LogP contribution in [-0.4, -0.2) is 18.2 Å². The van der Waals surface area contributed by atoms with Gasteiger partial charge in [-0.05, 0) is 59.8 Å². The number of nitrogens with zero attached hydrogens (tertiary/aromatic N) is 1. The van der Waals surface area contributed by atoms with Crippen molar-refractivity contribution in [3.05, 3.63) is 63.5 Å². The third-order valence-corrected chi connectivity index (χ3v) is 4.56. The molecule has 2 aromatic rings. The molecular formula is C17H13BrN2O2S. The maximum Gasteiger partial charge on any atom is 0.264 e. The molecule has 1 N–H and O–H groups in total. The fourth-order valence-corrected chi connectivity index (χ4v) is 3.07. The second-order valence-electron chi connectivity index (χ2n) is 4.73. The molecule has 0 bridgehead atoms. The van der Waals surface area contributed by atoms with Crippen molar-refractivity contribution in [3.8, 4) is 5.75 Å². The van der Waals surface area contributed by atoms with Gasteiger partial charge in [-0.3, -0.25) is 4.79 Å². The molecule has 0 aromatic heterocycles. The highest BCUT2D eigenvalue weighted by Crippen LogP contribution is 2.28. The molecule has 23 heavy (non-hydrogen) atoms. The van der Waals surface area contributed by atoms with Crippen molar-refractivity contribution in [1.29, 1.82) is 0 Å². The summed E-state index contributed by atoms with van der Waals surface area (Å²) < 4.78 is 6.12. The Morgan fingerprint density at radius 1 is 1.13 bits per heavy atom. The first-order valence-corrected chi connectivity index (χ1v) is 8.44. The van der Waals surface area contributed by atoms with Gasteiger partial charge in [-0.2, -0.15) is 0 Å². The zero-order chi connectivity index (χ0) is 16.2. The lowest BCUT2D eigenvalue weighted by atomic mass is 10.2. The minimum atomic E-state index is -0.134. The molecule has 1 heterocycles. The molecule has 6 heteroatoms. The summed E-state index contributed by atoms with van der Waals surface area (Å²) in [6, 6.07) is 15.1. The van der Waals surface area contributed by atoms with Crippen molar-refractivity contribution in [2.45, 2.75) is 0 Å². The Morgan fingerprint density at radius 3 is 2.48 bits per heavy atom. The van der Waals surface area contributed by atoms with E-state index in [0.29, 0.717) is 10.1 Å². The van der Waals surface area contributed by atoms with Crippen LogP contribution in [0.15, 0.2) is 62.9 Å². The molecule has 0 radical (unpaired) electrons. The monoisotopic (exact) mass is 388 g/mol. The second-order valence-corrected chi connectivity index (χ2v) is 6.68. The zero-order valence-corrected chi connectivity index (χ0v) is 14.6. The van der Waals surface area contributed by atoms with Crippen LogP contribution >= 0.6 is 27.7 Å². The number of methoxy groups -OCH3 is 1. The summed E-state index contributed by atoms with van der Waals surface area (Å²) in [7, 11) is 1.62. The van der Waals surface area contributed by atoms with Gasteiger partial charge in [0.1, 0.15) is 5.75 Å². The van der Waals surface area contributed by atoms with Crippen LogP contribution in [0.25, 0.3) is 6.08 Å². The largest absolute Gasteiger partial charge is 0.497 e. The summed E-state index contributed by atoms with van der Waals surface area (Å²) in [5.41, 5.74) is 1.73. The Labute approximate surface area is 146 Å². The minimum absolute atomic E-state index is 0.134. The highest BCUT2D eigenvalue weighted by Gasteiger charge is 2.23. The van der Waals surface area contributed by atoms with Crippen LogP contribution < -0.4 is 10.1 Å². The van der Waals surface area contributed by atoms with Gasteiger partial charge in [0.25, 0.3) is 5.91 Å². The van der Waals surface area contributed by atoms with E-state index < -0.39 is 0 Å². The Hall–Kier alpha value is -2.05. The van der Waals surface area contributed by atoms with Crippen molar-refractivity contribution in [2.24, 2.45) is 4.99 Å². The summed E-state index contributed by atoms with van der Waals surface area (Å²) in [4.78, 5) is 17.1. The van der Waals surface area contributed by atoms with Crippen LogP contribution in [0.5, 0.6) is 5.75 Å². The lowest BCUT2D eigenvalue weighted by Gasteiger charge is -1.99. The van der Waals surface area contributed by atoms with Crippen molar-refractivity contribution >= 4 is 50.5 Å². The first-order valence-electron chi connectivity index (χ1n) is 6.83. The number of hydrogen-bond acceptors (Lipinski definition) is 4. The maximum absolute atomic E-state index is 12.0. The molecule has 0 unspecified atom stereocenters. The number of halogens is 1. The van der Waals surface area contributed by atoms with E-state index in [-0.39, 0.29) is 5.91 Å². The maximum atomic E-state index is 12.0. The number of carbonyl (C=O) groups excluding carboxylic acids is 1. The van der Waals surface area contributed by atoms with Crippen LogP contribution in [0.1, 0.15) is 5.56 Å². The molecule has 4 nitrogen and oxygen atoms in total. The van der Waals surface area contributed by atoms with Gasteiger partial charge >= 0.3 is 0 Å². The lowest BCUT2D eigenvalue weighted by molar-refractivity contribution is -0.115. The van der Waals surface area contributed by atoms with Crippen molar-refractivity contribution in [2.75, 3.05) is 7.11 Å². The van der Waals surface area contributed by atoms with Gasteiger partial charge in [-0.1, -0.05) is 28.1 Å². The molecule has 1 aliphatic rings. The van der Waals surface area contributed by atoms with Crippen molar-refractivity contribution in [1.82, 2.24) is 5.32 Å². The van der Waals surface area contributed by atoms with Gasteiger partial charge in [0.05, 0.1) is 17.7 Å². The number of nitrogens with one attached hydrogen (secondary N) is 1. The molecule has 0 atom stereocenters. The molecule has 0 aliphatic carbocycles. The van der Waals surface area contributed by atoms with Crippen LogP contribution in [0, 0.1) is 0 Å². The topological polar surface area (TPSA) is 50.7 Å². The predicted molar refractivity (Wildman–Crippen MR) is 97.9 cm³/mol. The molecule has 2 aromatic carbocycles. The van der Waals surface area contributed by atoms with E-state index in [9.17, 15) is 4.79 Å². The number of carbonyl (C=O) groups is 1. The second kappa shape index (κ2) is 7.02. The molecule has 116 valence electrons. The molecule has 1 saturated heterocycles. The highest BCUT2D eigenvalue weighted by atomic mass is 79.9. The molecule has 1 aliphatic heterocycles. The van der Waals surface area contributed by atoms with Gasteiger partial charge in [0.2, 0.25) is 0 Å². The fourth-order valence-electron chi connectivity index (χ4n) is 1.96. The molecule has 1 amide bonds. The Kier molecular flexibility index (Phi) is 4.83. The minimum Gasteiger partial charge on any atom is -0.497 e. The summed E-state index contributed by atoms with van der Waals surface area (Å²) in [6.07, 6.45) is 1.85. The normalized spacial score (nSPS) is 17.6. The van der Waals surface area contributed by atoms with Gasteiger partial charge < -0.3 is 10.1 Å². The number of ether oxygens (including phenoxy) is 1. The van der Waals surface area contributed by atoms with Crippen LogP contribution in [0.2, 0.25) is 0 Å². The average Bonchev–Trinajstić information content (AvgIpc) is 2.90. The number of hydrogen-bond donors (Lipinski definition) is 1. The molecule has 0 spiro atoms. The summed E-state index contributed by atoms with van der Waals surface area (Å²) >= 11 is 4.72. The molecule has 0 saturated carbocycles. The third kappa shape index (κ3) is 4.03. The number of rotatable bonds is 3. The van der Waals surface area contributed by atoms with Crippen molar-refractivity contribution < 1.29 is 9.53 Å². The van der Waals surface area contributed by atoms with E-state index in [1.807, 2.05) is 54.6 Å². The molecular weight excluding hydrogens is 376 g/mol. The fraction of sp³-hybridized carbons (Fsp3) is 0.0588. The smallest absolute Gasteiger partial charge is 0.264 e. The van der Waals surface area contributed by atoms with E-state index in [1.54, 1.807) is 7.11 Å². The van der Waals surface area contributed by atoms with Crippen LogP contribution in [0.3, 0.4) is 0 Å². The molecule has 3 rings (SSSR count). The SMILES string of the molecule is COc1ccc(N=C2NC(=O)/C(=C/c3ccc(Br)cc3)S2)cc1. The summed E-state index contributed by atoms with van der Waals surface area (Å²) in [5, 5.41) is 3.35. The summed E-state index contributed by atoms with van der Waals surface area (Å²) in [6.45, 7) is 0. The average molecular weight is 389 g/mol. The third-order valence-electron chi connectivity index (χ3n) is 3.12.